The first-order valence-electron chi connectivity index (χ1n) is 10.3. The largest absolute Gasteiger partial charge is 0.348 e. The fraction of sp³-hybridized carbons (Fsp3) is 0.167. The lowest BCUT2D eigenvalue weighted by molar-refractivity contribution is -0.120. The fourth-order valence-electron chi connectivity index (χ4n) is 3.01. The fourth-order valence-corrected chi connectivity index (χ4v) is 4.07. The Bertz CT molecular complexity index is 1200. The third-order valence-electron chi connectivity index (χ3n) is 4.81. The number of aryl methyl sites for hydroxylation is 1. The molecule has 0 bridgehead atoms. The van der Waals surface area contributed by atoms with E-state index in [1.165, 1.54) is 24.3 Å². The number of amides is 3. The normalized spacial score (nSPS) is 11.8. The van der Waals surface area contributed by atoms with E-state index < -0.39 is 16.1 Å². The number of hydrogen-bond donors (Lipinski definition) is 4. The molecule has 0 fully saturated rings. The smallest absolute Gasteiger partial charge is 0.319 e. The van der Waals surface area contributed by atoms with Crippen molar-refractivity contribution < 1.29 is 18.0 Å². The molecule has 0 heterocycles. The van der Waals surface area contributed by atoms with Crippen LogP contribution in [0.1, 0.15) is 24.1 Å². The summed E-state index contributed by atoms with van der Waals surface area (Å²) in [5.41, 5.74) is 2.74. The number of nitrogens with one attached hydrogen (secondary N) is 4. The number of hydrogen-bond acceptors (Lipinski definition) is 4. The van der Waals surface area contributed by atoms with Crippen molar-refractivity contribution in [3.63, 3.8) is 0 Å². The zero-order valence-electron chi connectivity index (χ0n) is 18.3. The van der Waals surface area contributed by atoms with Gasteiger partial charge in [-0.3, -0.25) is 9.52 Å². The van der Waals surface area contributed by atoms with Crippen molar-refractivity contribution in [1.29, 1.82) is 0 Å². The first kappa shape index (κ1) is 23.8. The molecule has 172 valence electrons. The number of urea groups is 1. The standard InChI is InChI=1S/C24H26N4O4S/c1-17-8-14-22(15-9-17)33(31,32)28-21-12-10-20(11-13-21)27-24(30)25-16-23(29)26-18(2)19-6-4-3-5-7-19/h3-15,18,28H,16H2,1-2H3,(H,26,29)(H2,25,27,30)/t18-/m0/s1. The zero-order chi connectivity index (χ0) is 23.8. The summed E-state index contributed by atoms with van der Waals surface area (Å²) in [5, 5.41) is 7.91. The van der Waals surface area contributed by atoms with Gasteiger partial charge in [0.05, 0.1) is 17.5 Å². The molecule has 4 N–H and O–H groups in total. The molecule has 8 nitrogen and oxygen atoms in total. The SMILES string of the molecule is Cc1ccc(S(=O)(=O)Nc2ccc(NC(=O)NCC(=O)N[C@@H](C)c3ccccc3)cc2)cc1. The minimum absolute atomic E-state index is 0.162. The molecule has 9 heteroatoms. The second kappa shape index (κ2) is 10.6. The van der Waals surface area contributed by atoms with Crippen LogP contribution < -0.4 is 20.7 Å². The van der Waals surface area contributed by atoms with E-state index in [4.69, 9.17) is 0 Å². The first-order chi connectivity index (χ1) is 15.7. The van der Waals surface area contributed by atoms with Crippen LogP contribution in [0, 0.1) is 6.92 Å². The van der Waals surface area contributed by atoms with Crippen LogP contribution in [0.5, 0.6) is 0 Å². The van der Waals surface area contributed by atoms with Crippen molar-refractivity contribution in [3.05, 3.63) is 90.0 Å². The summed E-state index contributed by atoms with van der Waals surface area (Å²) >= 11 is 0. The van der Waals surface area contributed by atoms with E-state index >= 15 is 0 Å². The average Bonchev–Trinajstić information content (AvgIpc) is 2.80. The number of carbonyl (C=O) groups excluding carboxylic acids is 2. The van der Waals surface area contributed by atoms with Gasteiger partial charge in [-0.2, -0.15) is 0 Å². The maximum absolute atomic E-state index is 12.5. The molecular formula is C24H26N4O4S. The van der Waals surface area contributed by atoms with Crippen molar-refractivity contribution >= 4 is 33.3 Å². The van der Waals surface area contributed by atoms with Crippen LogP contribution in [0.4, 0.5) is 16.2 Å². The lowest BCUT2D eigenvalue weighted by Crippen LogP contribution is -2.39. The minimum atomic E-state index is -3.71. The monoisotopic (exact) mass is 466 g/mol. The summed E-state index contributed by atoms with van der Waals surface area (Å²) in [7, 11) is -3.71. The van der Waals surface area contributed by atoms with Gasteiger partial charge >= 0.3 is 6.03 Å². The van der Waals surface area contributed by atoms with Crippen LogP contribution in [0.15, 0.2) is 83.8 Å². The highest BCUT2D eigenvalue weighted by Gasteiger charge is 2.14. The molecule has 0 aliphatic rings. The maximum atomic E-state index is 12.5. The van der Waals surface area contributed by atoms with Gasteiger partial charge in [-0.15, -0.1) is 0 Å². The highest BCUT2D eigenvalue weighted by molar-refractivity contribution is 7.92. The Labute approximate surface area is 193 Å². The van der Waals surface area contributed by atoms with Crippen molar-refractivity contribution in [2.24, 2.45) is 0 Å². The summed E-state index contributed by atoms with van der Waals surface area (Å²) in [5.74, 6) is -0.317. The molecule has 0 aliphatic carbocycles. The highest BCUT2D eigenvalue weighted by atomic mass is 32.2. The lowest BCUT2D eigenvalue weighted by atomic mass is 10.1. The molecule has 3 aromatic carbocycles. The molecule has 0 unspecified atom stereocenters. The van der Waals surface area contributed by atoms with E-state index in [1.807, 2.05) is 44.2 Å². The van der Waals surface area contributed by atoms with Gasteiger partial charge in [-0.1, -0.05) is 48.0 Å². The van der Waals surface area contributed by atoms with Crippen molar-refractivity contribution in [3.8, 4) is 0 Å². The zero-order valence-corrected chi connectivity index (χ0v) is 19.1. The van der Waals surface area contributed by atoms with E-state index in [2.05, 4.69) is 20.7 Å². The molecule has 0 aromatic heterocycles. The topological polar surface area (TPSA) is 116 Å². The molecule has 0 radical (unpaired) electrons. The van der Waals surface area contributed by atoms with Crippen LogP contribution in [-0.2, 0) is 14.8 Å². The molecule has 3 amide bonds. The van der Waals surface area contributed by atoms with Crippen molar-refractivity contribution in [2.45, 2.75) is 24.8 Å². The van der Waals surface area contributed by atoms with Gasteiger partial charge in [0.1, 0.15) is 0 Å². The molecular weight excluding hydrogens is 440 g/mol. The van der Waals surface area contributed by atoms with E-state index in [-0.39, 0.29) is 23.4 Å². The van der Waals surface area contributed by atoms with Gasteiger partial charge in [-0.25, -0.2) is 13.2 Å². The van der Waals surface area contributed by atoms with E-state index in [9.17, 15) is 18.0 Å². The van der Waals surface area contributed by atoms with E-state index in [1.54, 1.807) is 24.3 Å². The van der Waals surface area contributed by atoms with E-state index in [0.717, 1.165) is 11.1 Å². The number of rotatable bonds is 8. The molecule has 0 saturated heterocycles. The lowest BCUT2D eigenvalue weighted by Gasteiger charge is -2.15. The van der Waals surface area contributed by atoms with Gasteiger partial charge in [0.2, 0.25) is 5.91 Å². The van der Waals surface area contributed by atoms with Crippen LogP contribution >= 0.6 is 0 Å². The molecule has 1 atom stereocenters. The Morgan fingerprint density at radius 2 is 1.45 bits per heavy atom. The van der Waals surface area contributed by atoms with Gasteiger partial charge in [0.15, 0.2) is 0 Å². The third kappa shape index (κ3) is 7.08. The van der Waals surface area contributed by atoms with Crippen LogP contribution in [0.25, 0.3) is 0 Å². The predicted octanol–water partition coefficient (Wildman–Crippen LogP) is 3.79. The third-order valence-corrected chi connectivity index (χ3v) is 6.21. The quantitative estimate of drug-likeness (QED) is 0.404. The van der Waals surface area contributed by atoms with Crippen LogP contribution in [0.3, 0.4) is 0 Å². The average molecular weight is 467 g/mol. The molecule has 3 rings (SSSR count). The molecule has 0 saturated carbocycles. The summed E-state index contributed by atoms with van der Waals surface area (Å²) < 4.78 is 27.4. The maximum Gasteiger partial charge on any atom is 0.319 e. The Kier molecular flexibility index (Phi) is 7.68. The van der Waals surface area contributed by atoms with Gasteiger partial charge in [-0.05, 0) is 55.8 Å². The number of benzene rings is 3. The van der Waals surface area contributed by atoms with Crippen LogP contribution in [-0.4, -0.2) is 26.9 Å². The minimum Gasteiger partial charge on any atom is -0.348 e. The Morgan fingerprint density at radius 3 is 2.09 bits per heavy atom. The highest BCUT2D eigenvalue weighted by Crippen LogP contribution is 2.19. The van der Waals surface area contributed by atoms with Gasteiger partial charge in [0, 0.05) is 11.4 Å². The number of carbonyl (C=O) groups is 2. The predicted molar refractivity (Wildman–Crippen MR) is 128 cm³/mol. The van der Waals surface area contributed by atoms with Crippen molar-refractivity contribution in [1.82, 2.24) is 10.6 Å². The Morgan fingerprint density at radius 1 is 0.848 bits per heavy atom. The summed E-state index contributed by atoms with van der Waals surface area (Å²) in [6.07, 6.45) is 0. The second-order valence-corrected chi connectivity index (χ2v) is 9.19. The summed E-state index contributed by atoms with van der Waals surface area (Å²) in [6, 6.07) is 21.5. The number of sulfonamides is 1. The van der Waals surface area contributed by atoms with E-state index in [0.29, 0.717) is 11.4 Å². The number of anilines is 2. The molecule has 0 aliphatic heterocycles. The molecule has 33 heavy (non-hydrogen) atoms. The summed E-state index contributed by atoms with van der Waals surface area (Å²) in [6.45, 7) is 3.56. The summed E-state index contributed by atoms with van der Waals surface area (Å²) in [4.78, 5) is 24.3. The Hall–Kier alpha value is -3.85. The molecule has 3 aromatic rings. The van der Waals surface area contributed by atoms with Crippen LogP contribution in [0.2, 0.25) is 0 Å². The second-order valence-electron chi connectivity index (χ2n) is 7.50. The van der Waals surface area contributed by atoms with Crippen molar-refractivity contribution in [2.75, 3.05) is 16.6 Å². The first-order valence-corrected chi connectivity index (χ1v) is 11.8. The van der Waals surface area contributed by atoms with Gasteiger partial charge < -0.3 is 16.0 Å². The molecule has 0 spiro atoms. The Balaban J connectivity index is 1.47. The van der Waals surface area contributed by atoms with Gasteiger partial charge in [0.25, 0.3) is 10.0 Å².